The van der Waals surface area contributed by atoms with Crippen LogP contribution in [-0.2, 0) is 6.42 Å². The third kappa shape index (κ3) is 3.60. The molecule has 4 rings (SSSR count). The molecule has 0 radical (unpaired) electrons. The summed E-state index contributed by atoms with van der Waals surface area (Å²) in [6, 6.07) is 7.39. The minimum absolute atomic E-state index is 0.00425. The van der Waals surface area contributed by atoms with Gasteiger partial charge in [0, 0.05) is 18.8 Å². The monoisotopic (exact) mass is 414 g/mol. The van der Waals surface area contributed by atoms with Crippen molar-refractivity contribution in [2.24, 2.45) is 0 Å². The summed E-state index contributed by atoms with van der Waals surface area (Å²) in [5, 5.41) is 11.9. The molecule has 0 saturated heterocycles. The standard InChI is InChI=1S/C22H20F2N2O4/c1-30-21-18(24)17(23)10-15-19(21)26(13-4-5-13)11-16(20(15)28)22(29)25-9-8-12-2-6-14(27)7-3-12/h2-3,6-7,10-11,13,27H,4-5,8-9H2,1H3,(H,25,29). The highest BCUT2D eigenvalue weighted by Gasteiger charge is 2.30. The summed E-state index contributed by atoms with van der Waals surface area (Å²) in [7, 11) is 1.21. The van der Waals surface area contributed by atoms with Gasteiger partial charge in [-0.25, -0.2) is 4.39 Å². The first-order valence-corrected chi connectivity index (χ1v) is 9.57. The van der Waals surface area contributed by atoms with Crippen molar-refractivity contribution in [2.75, 3.05) is 13.7 Å². The summed E-state index contributed by atoms with van der Waals surface area (Å²) >= 11 is 0. The van der Waals surface area contributed by atoms with E-state index < -0.39 is 23.0 Å². The van der Waals surface area contributed by atoms with Crippen LogP contribution in [0.25, 0.3) is 10.9 Å². The Kier molecular flexibility index (Phi) is 5.15. The number of aromatic nitrogens is 1. The number of hydrogen-bond donors (Lipinski definition) is 2. The Labute approximate surface area is 170 Å². The Morgan fingerprint density at radius 2 is 1.97 bits per heavy atom. The first-order valence-electron chi connectivity index (χ1n) is 9.57. The second-order valence-electron chi connectivity index (χ2n) is 7.28. The highest BCUT2D eigenvalue weighted by molar-refractivity contribution is 5.98. The number of carbonyl (C=O) groups is 1. The Balaban J connectivity index is 1.68. The van der Waals surface area contributed by atoms with Gasteiger partial charge in [0.1, 0.15) is 11.3 Å². The number of ether oxygens (including phenoxy) is 1. The SMILES string of the molecule is COc1c(F)c(F)cc2c(=O)c(C(=O)NCCc3ccc(O)cc3)cn(C3CC3)c12. The Hall–Kier alpha value is -3.42. The molecule has 1 fully saturated rings. The van der Waals surface area contributed by atoms with Crippen LogP contribution >= 0.6 is 0 Å². The number of methoxy groups -OCH3 is 1. The Morgan fingerprint density at radius 3 is 2.60 bits per heavy atom. The molecular formula is C22H20F2N2O4. The van der Waals surface area contributed by atoms with Crippen LogP contribution in [0.1, 0.15) is 34.8 Å². The number of rotatable bonds is 6. The van der Waals surface area contributed by atoms with E-state index in [1.54, 1.807) is 28.8 Å². The molecule has 6 nitrogen and oxygen atoms in total. The summed E-state index contributed by atoms with van der Waals surface area (Å²) < 4.78 is 35.0. The second-order valence-corrected chi connectivity index (χ2v) is 7.28. The number of aromatic hydroxyl groups is 1. The fourth-order valence-corrected chi connectivity index (χ4v) is 3.50. The molecule has 2 aromatic carbocycles. The molecule has 2 N–H and O–H groups in total. The topological polar surface area (TPSA) is 80.6 Å². The van der Waals surface area contributed by atoms with Gasteiger partial charge in [-0.2, -0.15) is 4.39 Å². The number of fused-ring (bicyclic) bond motifs is 1. The summed E-state index contributed by atoms with van der Waals surface area (Å²) in [6.45, 7) is 0.269. The van der Waals surface area contributed by atoms with Crippen molar-refractivity contribution in [1.82, 2.24) is 9.88 Å². The number of phenolic OH excluding ortho intramolecular Hbond substituents is 1. The van der Waals surface area contributed by atoms with E-state index in [2.05, 4.69) is 5.32 Å². The third-order valence-electron chi connectivity index (χ3n) is 5.19. The lowest BCUT2D eigenvalue weighted by Crippen LogP contribution is -2.31. The minimum atomic E-state index is -1.20. The highest BCUT2D eigenvalue weighted by atomic mass is 19.2. The smallest absolute Gasteiger partial charge is 0.256 e. The average Bonchev–Trinajstić information content (AvgIpc) is 3.56. The lowest BCUT2D eigenvalue weighted by molar-refractivity contribution is 0.0952. The molecule has 3 aromatic rings. The minimum Gasteiger partial charge on any atom is -0.508 e. The predicted molar refractivity (Wildman–Crippen MR) is 107 cm³/mol. The van der Waals surface area contributed by atoms with E-state index >= 15 is 0 Å². The van der Waals surface area contributed by atoms with Gasteiger partial charge in [0.2, 0.25) is 11.2 Å². The van der Waals surface area contributed by atoms with E-state index in [0.717, 1.165) is 24.5 Å². The van der Waals surface area contributed by atoms with Gasteiger partial charge in [-0.1, -0.05) is 12.1 Å². The van der Waals surface area contributed by atoms with Crippen molar-refractivity contribution < 1.29 is 23.4 Å². The van der Waals surface area contributed by atoms with E-state index in [9.17, 15) is 23.5 Å². The first-order chi connectivity index (χ1) is 14.4. The molecule has 0 unspecified atom stereocenters. The van der Waals surface area contributed by atoms with Gasteiger partial charge < -0.3 is 19.7 Å². The number of halogens is 2. The highest BCUT2D eigenvalue weighted by Crippen LogP contribution is 2.40. The van der Waals surface area contributed by atoms with Crippen molar-refractivity contribution in [3.63, 3.8) is 0 Å². The van der Waals surface area contributed by atoms with Crippen molar-refractivity contribution in [2.45, 2.75) is 25.3 Å². The molecule has 30 heavy (non-hydrogen) atoms. The zero-order valence-electron chi connectivity index (χ0n) is 16.2. The number of carbonyl (C=O) groups excluding carboxylic acids is 1. The van der Waals surface area contributed by atoms with Gasteiger partial charge in [0.25, 0.3) is 5.91 Å². The molecule has 0 spiro atoms. The third-order valence-corrected chi connectivity index (χ3v) is 5.19. The van der Waals surface area contributed by atoms with E-state index in [0.29, 0.717) is 6.42 Å². The zero-order valence-corrected chi connectivity index (χ0v) is 16.2. The molecule has 0 atom stereocenters. The average molecular weight is 414 g/mol. The fourth-order valence-electron chi connectivity index (χ4n) is 3.50. The van der Waals surface area contributed by atoms with Crippen molar-refractivity contribution in [3.05, 3.63) is 69.5 Å². The molecule has 1 amide bonds. The summed E-state index contributed by atoms with van der Waals surface area (Å²) in [5.41, 5.74) is 0.253. The van der Waals surface area contributed by atoms with Gasteiger partial charge in [-0.3, -0.25) is 9.59 Å². The van der Waals surface area contributed by atoms with E-state index in [1.807, 2.05) is 0 Å². The fraction of sp³-hybridized carbons (Fsp3) is 0.273. The maximum absolute atomic E-state index is 14.2. The molecule has 156 valence electrons. The molecule has 1 aromatic heterocycles. The van der Waals surface area contributed by atoms with Crippen molar-refractivity contribution >= 4 is 16.8 Å². The van der Waals surface area contributed by atoms with Gasteiger partial charge in [-0.15, -0.1) is 0 Å². The number of nitrogens with one attached hydrogen (secondary N) is 1. The summed E-state index contributed by atoms with van der Waals surface area (Å²) in [6.07, 6.45) is 3.52. The van der Waals surface area contributed by atoms with E-state index in [1.165, 1.54) is 13.3 Å². The summed E-state index contributed by atoms with van der Waals surface area (Å²) in [5.74, 6) is -3.14. The molecule has 0 aliphatic heterocycles. The van der Waals surface area contributed by atoms with Crippen LogP contribution < -0.4 is 15.5 Å². The van der Waals surface area contributed by atoms with Crippen LogP contribution in [0.3, 0.4) is 0 Å². The molecular weight excluding hydrogens is 394 g/mol. The Bertz CT molecular complexity index is 1180. The second kappa shape index (κ2) is 7.78. The lowest BCUT2D eigenvalue weighted by atomic mass is 10.1. The quantitative estimate of drug-likeness (QED) is 0.649. The van der Waals surface area contributed by atoms with Crippen molar-refractivity contribution in [1.29, 1.82) is 0 Å². The van der Waals surface area contributed by atoms with Gasteiger partial charge in [0.05, 0.1) is 18.0 Å². The zero-order chi connectivity index (χ0) is 21.4. The molecule has 8 heteroatoms. The molecule has 1 aliphatic rings. The number of hydrogen-bond acceptors (Lipinski definition) is 4. The molecule has 1 heterocycles. The predicted octanol–water partition coefficient (Wildman–Crippen LogP) is 3.30. The normalized spacial score (nSPS) is 13.4. The van der Waals surface area contributed by atoms with Crippen LogP contribution in [0.2, 0.25) is 0 Å². The van der Waals surface area contributed by atoms with Crippen LogP contribution in [0.15, 0.2) is 41.3 Å². The number of nitrogens with zero attached hydrogens (tertiary/aromatic N) is 1. The molecule has 0 bridgehead atoms. The number of amides is 1. The van der Waals surface area contributed by atoms with Crippen molar-refractivity contribution in [3.8, 4) is 11.5 Å². The number of pyridine rings is 1. The molecule has 1 saturated carbocycles. The molecule has 1 aliphatic carbocycles. The lowest BCUT2D eigenvalue weighted by Gasteiger charge is -2.16. The van der Waals surface area contributed by atoms with E-state index in [4.69, 9.17) is 4.74 Å². The largest absolute Gasteiger partial charge is 0.508 e. The maximum Gasteiger partial charge on any atom is 0.256 e. The van der Waals surface area contributed by atoms with Crippen LogP contribution in [0.4, 0.5) is 8.78 Å². The first kappa shape index (κ1) is 19.9. The van der Waals surface area contributed by atoms with Gasteiger partial charge >= 0.3 is 0 Å². The summed E-state index contributed by atoms with van der Waals surface area (Å²) in [4.78, 5) is 25.6. The maximum atomic E-state index is 14.2. The van der Waals surface area contributed by atoms with Gasteiger partial charge in [0.15, 0.2) is 11.6 Å². The van der Waals surface area contributed by atoms with Crippen LogP contribution in [-0.4, -0.2) is 29.2 Å². The number of phenols is 1. The van der Waals surface area contributed by atoms with Crippen LogP contribution in [0.5, 0.6) is 11.5 Å². The van der Waals surface area contributed by atoms with E-state index in [-0.39, 0.29) is 40.6 Å². The number of benzene rings is 2. The van der Waals surface area contributed by atoms with Crippen LogP contribution in [0, 0.1) is 11.6 Å². The Morgan fingerprint density at radius 1 is 1.27 bits per heavy atom. The van der Waals surface area contributed by atoms with Gasteiger partial charge in [-0.05, 0) is 43.0 Å².